The van der Waals surface area contributed by atoms with E-state index in [0.29, 0.717) is 30.2 Å². The van der Waals surface area contributed by atoms with Gasteiger partial charge in [0.1, 0.15) is 22.7 Å². The normalized spacial score (nSPS) is 13.6. The number of rotatable bonds is 10. The molecule has 0 N–H and O–H groups in total. The maximum atomic E-state index is 12.7. The summed E-state index contributed by atoms with van der Waals surface area (Å²) in [5, 5.41) is 0.736. The molecule has 48 heavy (non-hydrogen) atoms. The third kappa shape index (κ3) is 9.08. The van der Waals surface area contributed by atoms with Gasteiger partial charge in [-0.15, -0.1) is 0 Å². The highest BCUT2D eigenvalue weighted by Gasteiger charge is 2.23. The summed E-state index contributed by atoms with van der Waals surface area (Å²) in [6.07, 6.45) is -0.355. The Morgan fingerprint density at radius 3 is 2.23 bits per heavy atom. The smallest absolute Gasteiger partial charge is 0.410 e. The quantitative estimate of drug-likeness (QED) is 0.157. The molecule has 1 amide bonds. The lowest BCUT2D eigenvalue weighted by Crippen LogP contribution is -2.46. The number of piperazine rings is 1. The van der Waals surface area contributed by atoms with E-state index in [1.165, 1.54) is 23.8 Å². The van der Waals surface area contributed by atoms with Gasteiger partial charge in [0.2, 0.25) is 0 Å². The zero-order valence-corrected chi connectivity index (χ0v) is 29.1. The van der Waals surface area contributed by atoms with Gasteiger partial charge < -0.3 is 24.0 Å². The average Bonchev–Trinajstić information content (AvgIpc) is 3.07. The van der Waals surface area contributed by atoms with Crippen LogP contribution in [0.4, 0.5) is 10.5 Å². The van der Waals surface area contributed by atoms with Crippen molar-refractivity contribution in [2.45, 2.75) is 46.4 Å². The number of hydrogen-bond donors (Lipinski definition) is 0. The average molecular weight is 670 g/mol. The third-order valence-corrected chi connectivity index (χ3v) is 8.45. The van der Waals surface area contributed by atoms with Crippen molar-refractivity contribution in [2.75, 3.05) is 44.7 Å². The first-order chi connectivity index (χ1) is 23.0. The zero-order valence-electron chi connectivity index (χ0n) is 28.4. The second-order valence-corrected chi connectivity index (χ2v) is 13.3. The number of methoxy groups -OCH3 is 1. The van der Waals surface area contributed by atoms with Crippen molar-refractivity contribution in [2.24, 2.45) is 0 Å². The van der Waals surface area contributed by atoms with Gasteiger partial charge in [-0.1, -0.05) is 60.1 Å². The second-order valence-electron chi connectivity index (χ2n) is 12.8. The zero-order chi connectivity index (χ0) is 34.3. The molecule has 8 nitrogen and oxygen atoms in total. The molecule has 1 aliphatic rings. The summed E-state index contributed by atoms with van der Waals surface area (Å²) in [5.74, 6) is 0.525. The molecule has 0 unspecified atom stereocenters. The highest BCUT2D eigenvalue weighted by atomic mass is 35.5. The molecule has 4 aromatic carbocycles. The number of hydrogen-bond acceptors (Lipinski definition) is 7. The van der Waals surface area contributed by atoms with Crippen LogP contribution in [0.25, 0.3) is 11.1 Å². The van der Waals surface area contributed by atoms with Crippen molar-refractivity contribution in [1.82, 2.24) is 9.80 Å². The predicted octanol–water partition coefficient (Wildman–Crippen LogP) is 8.67. The Morgan fingerprint density at radius 1 is 0.875 bits per heavy atom. The first-order valence-electron chi connectivity index (χ1n) is 16.3. The molecule has 0 saturated carbocycles. The fraction of sp³-hybridized carbons (Fsp3) is 0.333. The molecule has 1 heterocycles. The summed E-state index contributed by atoms with van der Waals surface area (Å²) in [7, 11) is 1.36. The first-order valence-corrected chi connectivity index (χ1v) is 16.7. The number of benzene rings is 4. The Bertz CT molecular complexity index is 1700. The molecular weight excluding hydrogens is 626 g/mol. The van der Waals surface area contributed by atoms with Gasteiger partial charge in [-0.3, -0.25) is 4.90 Å². The summed E-state index contributed by atoms with van der Waals surface area (Å²) >= 11 is 6.42. The number of anilines is 1. The van der Waals surface area contributed by atoms with Crippen LogP contribution >= 0.6 is 11.6 Å². The van der Waals surface area contributed by atoms with E-state index >= 15 is 0 Å². The number of halogens is 1. The van der Waals surface area contributed by atoms with Gasteiger partial charge in [-0.05, 0) is 86.3 Å². The van der Waals surface area contributed by atoms with E-state index in [1.54, 1.807) is 11.0 Å². The predicted molar refractivity (Wildman–Crippen MR) is 191 cm³/mol. The molecule has 0 aliphatic carbocycles. The van der Waals surface area contributed by atoms with Gasteiger partial charge >= 0.3 is 12.1 Å². The number of nitrogens with zero attached hydrogens (tertiary/aromatic N) is 3. The molecule has 1 aliphatic heterocycles. The van der Waals surface area contributed by atoms with Crippen molar-refractivity contribution in [3.8, 4) is 22.6 Å². The number of ether oxygens (including phenoxy) is 3. The topological polar surface area (TPSA) is 71.5 Å². The molecule has 9 heteroatoms. The number of carbonyl (C=O) groups is 2. The highest BCUT2D eigenvalue weighted by Crippen LogP contribution is 2.33. The Hall–Kier alpha value is -4.53. The molecule has 0 atom stereocenters. The molecule has 0 spiro atoms. The van der Waals surface area contributed by atoms with Crippen LogP contribution in [0.15, 0.2) is 91.0 Å². The standard InChI is InChI=1S/C39H44ClN3O5/c1-6-42(38(45)48-39(2,3)4)26-28-12-16-33(17-13-28)47-36-25-32(15-19-35(36)37(44)46-5)43-22-20-41(21-23-43)27-30-24-31(40)14-18-34(30)29-10-8-7-9-11-29/h7-19,24-25H,6,20-23,26-27H2,1-5H3. The fourth-order valence-corrected chi connectivity index (χ4v) is 5.91. The van der Waals surface area contributed by atoms with E-state index in [-0.39, 0.29) is 6.09 Å². The number of esters is 1. The Labute approximate surface area is 288 Å². The number of amides is 1. The van der Waals surface area contributed by atoms with Crippen LogP contribution in [0.5, 0.6) is 11.5 Å². The minimum absolute atomic E-state index is 0.348. The van der Waals surface area contributed by atoms with E-state index in [1.807, 2.05) is 76.2 Å². The summed E-state index contributed by atoms with van der Waals surface area (Å²) in [6.45, 7) is 12.6. The Balaban J connectivity index is 1.26. The molecule has 4 aromatic rings. The largest absolute Gasteiger partial charge is 0.465 e. The molecule has 0 bridgehead atoms. The maximum absolute atomic E-state index is 12.7. The summed E-state index contributed by atoms with van der Waals surface area (Å²) in [4.78, 5) is 31.7. The first kappa shape index (κ1) is 34.8. The minimum atomic E-state index is -0.564. The molecular formula is C39H44ClN3O5. The van der Waals surface area contributed by atoms with Crippen LogP contribution in [-0.2, 0) is 22.6 Å². The van der Waals surface area contributed by atoms with Gasteiger partial charge in [0.05, 0.1) is 7.11 Å². The van der Waals surface area contributed by atoms with E-state index in [4.69, 9.17) is 25.8 Å². The minimum Gasteiger partial charge on any atom is -0.465 e. The van der Waals surface area contributed by atoms with Crippen molar-refractivity contribution in [3.05, 3.63) is 113 Å². The SMILES string of the molecule is CCN(Cc1ccc(Oc2cc(N3CCN(Cc4cc(Cl)ccc4-c4ccccc4)CC3)ccc2C(=O)OC)cc1)C(=O)OC(C)(C)C. The molecule has 0 radical (unpaired) electrons. The maximum Gasteiger partial charge on any atom is 0.410 e. The Kier molecular flexibility index (Phi) is 11.3. The van der Waals surface area contributed by atoms with Crippen molar-refractivity contribution in [1.29, 1.82) is 0 Å². The van der Waals surface area contributed by atoms with Gasteiger partial charge in [-0.2, -0.15) is 0 Å². The van der Waals surface area contributed by atoms with Crippen LogP contribution in [0.3, 0.4) is 0 Å². The van der Waals surface area contributed by atoms with E-state index in [0.717, 1.165) is 49.0 Å². The fourth-order valence-electron chi connectivity index (χ4n) is 5.71. The molecule has 1 fully saturated rings. The van der Waals surface area contributed by atoms with Gasteiger partial charge in [0, 0.05) is 62.6 Å². The van der Waals surface area contributed by atoms with E-state index in [9.17, 15) is 9.59 Å². The van der Waals surface area contributed by atoms with Crippen LogP contribution in [-0.4, -0.2) is 67.3 Å². The van der Waals surface area contributed by atoms with Crippen LogP contribution in [0.1, 0.15) is 49.2 Å². The summed E-state index contributed by atoms with van der Waals surface area (Å²) in [5.41, 5.74) is 5.27. The third-order valence-electron chi connectivity index (χ3n) is 8.21. The molecule has 252 valence electrons. The lowest BCUT2D eigenvalue weighted by Gasteiger charge is -2.36. The lowest BCUT2D eigenvalue weighted by atomic mass is 9.99. The summed E-state index contributed by atoms with van der Waals surface area (Å²) < 4.78 is 16.9. The highest BCUT2D eigenvalue weighted by molar-refractivity contribution is 6.30. The lowest BCUT2D eigenvalue weighted by molar-refractivity contribution is 0.0244. The van der Waals surface area contributed by atoms with Crippen LogP contribution in [0, 0.1) is 0 Å². The molecule has 5 rings (SSSR count). The van der Waals surface area contributed by atoms with Crippen LogP contribution in [0.2, 0.25) is 5.02 Å². The summed E-state index contributed by atoms with van der Waals surface area (Å²) in [6, 6.07) is 29.6. The number of carbonyl (C=O) groups excluding carboxylic acids is 2. The molecule has 1 saturated heterocycles. The van der Waals surface area contributed by atoms with E-state index < -0.39 is 11.6 Å². The van der Waals surface area contributed by atoms with Gasteiger partial charge in [-0.25, -0.2) is 9.59 Å². The van der Waals surface area contributed by atoms with Gasteiger partial charge in [0.15, 0.2) is 0 Å². The molecule has 0 aromatic heterocycles. The van der Waals surface area contributed by atoms with Crippen molar-refractivity contribution >= 4 is 29.4 Å². The second kappa shape index (κ2) is 15.6. The van der Waals surface area contributed by atoms with Crippen LogP contribution < -0.4 is 9.64 Å². The van der Waals surface area contributed by atoms with Crippen molar-refractivity contribution in [3.63, 3.8) is 0 Å². The van der Waals surface area contributed by atoms with Crippen molar-refractivity contribution < 1.29 is 23.8 Å². The Morgan fingerprint density at radius 2 is 1.58 bits per heavy atom. The van der Waals surface area contributed by atoms with Gasteiger partial charge in [0.25, 0.3) is 0 Å². The van der Waals surface area contributed by atoms with E-state index in [2.05, 4.69) is 46.2 Å². The monoisotopic (exact) mass is 669 g/mol.